The second kappa shape index (κ2) is 6.74. The van der Waals surface area contributed by atoms with Crippen molar-refractivity contribution in [2.75, 3.05) is 0 Å². The van der Waals surface area contributed by atoms with Crippen LogP contribution in [0.4, 0.5) is 5.69 Å². The lowest BCUT2D eigenvalue weighted by Gasteiger charge is -1.85. The molecule has 70 valence electrons. The van der Waals surface area contributed by atoms with Gasteiger partial charge in [-0.3, -0.25) is 20.3 Å². The van der Waals surface area contributed by atoms with Crippen molar-refractivity contribution in [2.24, 2.45) is 5.84 Å². The van der Waals surface area contributed by atoms with E-state index < -0.39 is 4.92 Å². The molecule has 0 spiro atoms. The van der Waals surface area contributed by atoms with Crippen LogP contribution in [0.3, 0.4) is 0 Å². The first-order valence-electron chi connectivity index (χ1n) is 3.31. The number of hydrogen-bond acceptors (Lipinski definition) is 4. The Morgan fingerprint density at radius 2 is 1.85 bits per heavy atom. The number of rotatable bonds is 2. The molecule has 0 aliphatic heterocycles. The summed E-state index contributed by atoms with van der Waals surface area (Å²) in [5.74, 6) is 4.41. The van der Waals surface area contributed by atoms with Gasteiger partial charge in [-0.15, -0.1) is 0 Å². The summed E-state index contributed by atoms with van der Waals surface area (Å²) in [4.78, 5) is 18.5. The van der Waals surface area contributed by atoms with E-state index in [1.807, 2.05) is 0 Å². The van der Waals surface area contributed by atoms with Crippen LogP contribution in [0, 0.1) is 10.1 Å². The van der Waals surface area contributed by atoms with Gasteiger partial charge in [0.15, 0.2) is 0 Å². The fourth-order valence-corrected chi connectivity index (χ4v) is 0.550. The van der Waals surface area contributed by atoms with Crippen LogP contribution >= 0.6 is 0 Å². The average molecular weight is 183 g/mol. The summed E-state index contributed by atoms with van der Waals surface area (Å²) in [5.41, 5.74) is 1.89. The van der Waals surface area contributed by atoms with Crippen molar-refractivity contribution < 1.29 is 9.72 Å². The molecule has 0 saturated heterocycles. The lowest BCUT2D eigenvalue weighted by atomic mass is 10.3. The number of hydrazine groups is 1. The Labute approximate surface area is 74.5 Å². The summed E-state index contributed by atoms with van der Waals surface area (Å²) >= 11 is 0. The first-order valence-corrected chi connectivity index (χ1v) is 3.31. The van der Waals surface area contributed by atoms with Crippen LogP contribution in [0.1, 0.15) is 0 Å². The molecule has 0 aromatic heterocycles. The van der Waals surface area contributed by atoms with Gasteiger partial charge in [-0.1, -0.05) is 18.2 Å². The first kappa shape index (κ1) is 11.1. The number of hydrogen-bond donors (Lipinski definition) is 2. The molecule has 3 N–H and O–H groups in total. The number of carbonyl (C=O) groups excluding carboxylic acids is 1. The molecular weight excluding hydrogens is 174 g/mol. The summed E-state index contributed by atoms with van der Waals surface area (Å²) < 4.78 is 0. The van der Waals surface area contributed by atoms with Crippen molar-refractivity contribution in [2.45, 2.75) is 0 Å². The number of non-ortho nitro benzene ring substituents is 1. The van der Waals surface area contributed by atoms with Crippen LogP contribution in [0.25, 0.3) is 0 Å². The molecule has 0 aliphatic rings. The SMILES string of the molecule is NNC=O.O=[N+]([O-])c1ccccc1. The van der Waals surface area contributed by atoms with Crippen LogP contribution in [-0.4, -0.2) is 11.3 Å². The lowest BCUT2D eigenvalue weighted by molar-refractivity contribution is -0.384. The lowest BCUT2D eigenvalue weighted by Crippen LogP contribution is -2.18. The topological polar surface area (TPSA) is 98.3 Å². The van der Waals surface area contributed by atoms with Crippen LogP contribution in [0.2, 0.25) is 0 Å². The third-order valence-corrected chi connectivity index (χ3v) is 1.04. The van der Waals surface area contributed by atoms with Gasteiger partial charge in [0.25, 0.3) is 5.69 Å². The van der Waals surface area contributed by atoms with E-state index in [-0.39, 0.29) is 5.69 Å². The number of nitrogens with one attached hydrogen (secondary N) is 1. The van der Waals surface area contributed by atoms with Crippen molar-refractivity contribution in [1.29, 1.82) is 0 Å². The highest BCUT2D eigenvalue weighted by atomic mass is 16.6. The quantitative estimate of drug-likeness (QED) is 0.225. The summed E-state index contributed by atoms with van der Waals surface area (Å²) in [5, 5.41) is 10.0. The van der Waals surface area contributed by atoms with E-state index >= 15 is 0 Å². The first-order chi connectivity index (χ1) is 6.22. The molecule has 0 bridgehead atoms. The number of carbonyl (C=O) groups is 1. The molecule has 1 amide bonds. The fourth-order valence-electron chi connectivity index (χ4n) is 0.550. The van der Waals surface area contributed by atoms with Gasteiger partial charge in [-0.05, 0) is 0 Å². The Morgan fingerprint density at radius 3 is 2.08 bits per heavy atom. The molecule has 1 rings (SSSR count). The summed E-state index contributed by atoms with van der Waals surface area (Å²) in [6.45, 7) is 0. The Kier molecular flexibility index (Phi) is 5.73. The third kappa shape index (κ3) is 5.33. The van der Waals surface area contributed by atoms with Gasteiger partial charge in [0.2, 0.25) is 6.41 Å². The standard InChI is InChI=1S/C6H5NO2.CH4N2O/c8-7(9)6-4-2-1-3-5-6;2-3-1-4/h1-5H;1H,2H2,(H,3,4). The minimum absolute atomic E-state index is 0.137. The van der Waals surface area contributed by atoms with Gasteiger partial charge in [-0.2, -0.15) is 0 Å². The van der Waals surface area contributed by atoms with E-state index in [0.717, 1.165) is 0 Å². The smallest absolute Gasteiger partial charge is 0.269 e. The van der Waals surface area contributed by atoms with Crippen molar-refractivity contribution in [3.63, 3.8) is 0 Å². The Balaban J connectivity index is 0.000000310. The molecule has 1 aromatic rings. The fraction of sp³-hybridized carbons (Fsp3) is 0. The number of para-hydroxylation sites is 1. The molecule has 0 fully saturated rings. The molecule has 1 aromatic carbocycles. The highest BCUT2D eigenvalue weighted by molar-refractivity contribution is 5.44. The van der Waals surface area contributed by atoms with Crippen molar-refractivity contribution in [1.82, 2.24) is 5.43 Å². The van der Waals surface area contributed by atoms with E-state index in [1.54, 1.807) is 23.6 Å². The predicted octanol–water partition coefficient (Wildman–Crippen LogP) is 0.201. The van der Waals surface area contributed by atoms with Crippen LogP contribution in [0.5, 0.6) is 0 Å². The zero-order valence-electron chi connectivity index (χ0n) is 6.71. The van der Waals surface area contributed by atoms with Crippen molar-refractivity contribution in [3.8, 4) is 0 Å². The minimum Gasteiger partial charge on any atom is -0.297 e. The zero-order chi connectivity index (χ0) is 10.1. The minimum atomic E-state index is -0.417. The Bertz CT molecular complexity index is 263. The van der Waals surface area contributed by atoms with Gasteiger partial charge < -0.3 is 0 Å². The van der Waals surface area contributed by atoms with E-state index in [2.05, 4.69) is 5.84 Å². The maximum absolute atomic E-state index is 10.0. The van der Waals surface area contributed by atoms with Crippen LogP contribution in [-0.2, 0) is 4.79 Å². The van der Waals surface area contributed by atoms with E-state index in [4.69, 9.17) is 4.79 Å². The highest BCUT2D eigenvalue weighted by Crippen LogP contribution is 2.06. The number of nitro benzene ring substituents is 1. The summed E-state index contributed by atoms with van der Waals surface area (Å²) in [7, 11) is 0. The Hall–Kier alpha value is -1.95. The molecule has 13 heavy (non-hydrogen) atoms. The number of nitrogens with zero attached hydrogens (tertiary/aromatic N) is 1. The molecule has 0 radical (unpaired) electrons. The highest BCUT2D eigenvalue weighted by Gasteiger charge is 1.98. The van der Waals surface area contributed by atoms with Gasteiger partial charge in [0.1, 0.15) is 0 Å². The van der Waals surface area contributed by atoms with Crippen LogP contribution < -0.4 is 11.3 Å². The number of nitrogens with two attached hydrogens (primary N) is 1. The predicted molar refractivity (Wildman–Crippen MR) is 46.5 cm³/mol. The van der Waals surface area contributed by atoms with Crippen LogP contribution in [0.15, 0.2) is 30.3 Å². The van der Waals surface area contributed by atoms with E-state index in [1.165, 1.54) is 12.1 Å². The third-order valence-electron chi connectivity index (χ3n) is 1.04. The summed E-state index contributed by atoms with van der Waals surface area (Å²) in [6.07, 6.45) is 0.403. The van der Waals surface area contributed by atoms with Crippen molar-refractivity contribution >= 4 is 12.1 Å². The monoisotopic (exact) mass is 183 g/mol. The maximum Gasteiger partial charge on any atom is 0.269 e. The number of amides is 1. The molecule has 0 unspecified atom stereocenters. The average Bonchev–Trinajstić information content (AvgIpc) is 2.19. The van der Waals surface area contributed by atoms with Gasteiger partial charge in [-0.25, -0.2) is 5.84 Å². The zero-order valence-corrected chi connectivity index (χ0v) is 6.71. The van der Waals surface area contributed by atoms with Gasteiger partial charge >= 0.3 is 0 Å². The van der Waals surface area contributed by atoms with E-state index in [0.29, 0.717) is 6.41 Å². The molecule has 0 aliphatic carbocycles. The second-order valence-electron chi connectivity index (χ2n) is 1.88. The molecule has 0 atom stereocenters. The molecule has 6 nitrogen and oxygen atoms in total. The number of nitro groups is 1. The molecule has 0 saturated carbocycles. The maximum atomic E-state index is 10.0. The largest absolute Gasteiger partial charge is 0.297 e. The summed E-state index contributed by atoms with van der Waals surface area (Å²) in [6, 6.07) is 7.93. The van der Waals surface area contributed by atoms with Gasteiger partial charge in [0, 0.05) is 12.1 Å². The number of benzene rings is 1. The van der Waals surface area contributed by atoms with Gasteiger partial charge in [0.05, 0.1) is 4.92 Å². The normalized spacial score (nSPS) is 7.77. The van der Waals surface area contributed by atoms with Crippen molar-refractivity contribution in [3.05, 3.63) is 40.4 Å². The second-order valence-corrected chi connectivity index (χ2v) is 1.88. The molecular formula is C7H9N3O3. The Morgan fingerprint density at radius 1 is 1.38 bits per heavy atom. The molecule has 0 heterocycles. The molecule has 6 heteroatoms. The van der Waals surface area contributed by atoms with E-state index in [9.17, 15) is 10.1 Å².